The van der Waals surface area contributed by atoms with Crippen molar-refractivity contribution in [3.63, 3.8) is 0 Å². The number of carbonyl (C=O) groups excluding carboxylic acids is 1. The molecule has 0 saturated heterocycles. The van der Waals surface area contributed by atoms with Gasteiger partial charge in [-0.1, -0.05) is 36.4 Å². The van der Waals surface area contributed by atoms with Gasteiger partial charge in [0, 0.05) is 10.5 Å². The minimum atomic E-state index is -0.943. The molecule has 0 heterocycles. The van der Waals surface area contributed by atoms with E-state index < -0.39 is 17.3 Å². The van der Waals surface area contributed by atoms with Crippen molar-refractivity contribution >= 4 is 23.6 Å². The molecule has 0 aliphatic rings. The maximum absolute atomic E-state index is 12.3. The highest BCUT2D eigenvalue weighted by Crippen LogP contribution is 2.26. The van der Waals surface area contributed by atoms with Gasteiger partial charge in [-0.3, -0.25) is 9.59 Å². The van der Waals surface area contributed by atoms with Gasteiger partial charge in [0.2, 0.25) is 0 Å². The van der Waals surface area contributed by atoms with Crippen molar-refractivity contribution < 1.29 is 14.7 Å². The molecule has 0 aliphatic heterocycles. The molecule has 2 N–H and O–H groups in total. The number of aliphatic carboxylic acids is 1. The van der Waals surface area contributed by atoms with E-state index in [1.807, 2.05) is 36.4 Å². The van der Waals surface area contributed by atoms with E-state index in [2.05, 4.69) is 5.32 Å². The molecule has 0 spiro atoms. The molecule has 2 aromatic rings. The van der Waals surface area contributed by atoms with Crippen LogP contribution in [0.5, 0.6) is 0 Å². The SMILES string of the molecule is CC(C(=O)O)C(NC(=O)c1ccccc1)Sc1ccccc1. The molecular formula is C17H17NO3S. The van der Waals surface area contributed by atoms with E-state index in [0.717, 1.165) is 4.90 Å². The van der Waals surface area contributed by atoms with Crippen molar-refractivity contribution in [1.29, 1.82) is 0 Å². The lowest BCUT2D eigenvalue weighted by Gasteiger charge is -2.22. The Hall–Kier alpha value is -2.27. The fraction of sp³-hybridized carbons (Fsp3) is 0.176. The van der Waals surface area contributed by atoms with Crippen molar-refractivity contribution in [1.82, 2.24) is 5.32 Å². The van der Waals surface area contributed by atoms with Crippen LogP contribution in [-0.4, -0.2) is 22.4 Å². The molecule has 0 radical (unpaired) electrons. The van der Waals surface area contributed by atoms with Crippen molar-refractivity contribution in [3.05, 3.63) is 66.2 Å². The number of hydrogen-bond donors (Lipinski definition) is 2. The van der Waals surface area contributed by atoms with Crippen LogP contribution in [0, 0.1) is 5.92 Å². The molecule has 0 aromatic heterocycles. The second-order valence-corrected chi connectivity index (χ2v) is 6.03. The van der Waals surface area contributed by atoms with E-state index in [1.165, 1.54) is 11.8 Å². The van der Waals surface area contributed by atoms with Gasteiger partial charge in [-0.2, -0.15) is 0 Å². The fourth-order valence-electron chi connectivity index (χ4n) is 1.83. The molecule has 0 saturated carbocycles. The van der Waals surface area contributed by atoms with Gasteiger partial charge >= 0.3 is 5.97 Å². The first-order valence-electron chi connectivity index (χ1n) is 6.88. The number of carboxylic acids is 1. The van der Waals surface area contributed by atoms with E-state index in [4.69, 9.17) is 0 Å². The number of hydrogen-bond acceptors (Lipinski definition) is 3. The molecule has 0 fully saturated rings. The molecule has 2 rings (SSSR count). The van der Waals surface area contributed by atoms with Gasteiger partial charge in [-0.25, -0.2) is 0 Å². The van der Waals surface area contributed by atoms with Crippen LogP contribution in [0.15, 0.2) is 65.6 Å². The number of rotatable bonds is 6. The smallest absolute Gasteiger partial charge is 0.309 e. The Kier molecular flexibility index (Phi) is 5.61. The summed E-state index contributed by atoms with van der Waals surface area (Å²) in [7, 11) is 0. The van der Waals surface area contributed by atoms with Crippen LogP contribution >= 0.6 is 11.8 Å². The monoisotopic (exact) mass is 315 g/mol. The lowest BCUT2D eigenvalue weighted by Crippen LogP contribution is -2.40. The van der Waals surface area contributed by atoms with Gasteiger partial charge in [-0.15, -0.1) is 11.8 Å². The second kappa shape index (κ2) is 7.66. The van der Waals surface area contributed by atoms with E-state index in [0.29, 0.717) is 5.56 Å². The van der Waals surface area contributed by atoms with Crippen LogP contribution in [-0.2, 0) is 4.79 Å². The predicted octanol–water partition coefficient (Wildman–Crippen LogP) is 3.26. The third-order valence-corrected chi connectivity index (χ3v) is 4.48. The number of nitrogens with one attached hydrogen (secondary N) is 1. The number of carbonyl (C=O) groups is 2. The van der Waals surface area contributed by atoms with Gasteiger partial charge in [0.25, 0.3) is 5.91 Å². The molecule has 0 bridgehead atoms. The summed E-state index contributed by atoms with van der Waals surface area (Å²) in [5.74, 6) is -1.93. The van der Waals surface area contributed by atoms with Crippen molar-refractivity contribution in [2.75, 3.05) is 0 Å². The quantitative estimate of drug-likeness (QED) is 0.634. The molecule has 22 heavy (non-hydrogen) atoms. The largest absolute Gasteiger partial charge is 0.481 e. The summed E-state index contributed by atoms with van der Waals surface area (Å²) in [6.45, 7) is 1.59. The summed E-state index contributed by atoms with van der Waals surface area (Å²) in [4.78, 5) is 24.5. The normalized spacial score (nSPS) is 13.1. The third kappa shape index (κ3) is 4.36. The second-order valence-electron chi connectivity index (χ2n) is 4.82. The minimum absolute atomic E-state index is 0.276. The van der Waals surface area contributed by atoms with Gasteiger partial charge in [-0.05, 0) is 31.2 Å². The molecule has 1 amide bonds. The summed E-state index contributed by atoms with van der Waals surface area (Å²) in [6.07, 6.45) is 0. The molecule has 5 heteroatoms. The maximum atomic E-state index is 12.3. The third-order valence-electron chi connectivity index (χ3n) is 3.16. The Balaban J connectivity index is 2.14. The molecule has 114 valence electrons. The van der Waals surface area contributed by atoms with Gasteiger partial charge < -0.3 is 10.4 Å². The average molecular weight is 315 g/mol. The highest BCUT2D eigenvalue weighted by Gasteiger charge is 2.26. The highest BCUT2D eigenvalue weighted by atomic mass is 32.2. The van der Waals surface area contributed by atoms with Crippen LogP contribution in [0.3, 0.4) is 0 Å². The zero-order valence-corrected chi connectivity index (χ0v) is 12.9. The van der Waals surface area contributed by atoms with Gasteiger partial charge in [0.1, 0.15) is 0 Å². The number of benzene rings is 2. The van der Waals surface area contributed by atoms with Crippen LogP contribution in [0.1, 0.15) is 17.3 Å². The lowest BCUT2D eigenvalue weighted by molar-refractivity contribution is -0.141. The van der Waals surface area contributed by atoms with Gasteiger partial charge in [0.05, 0.1) is 11.3 Å². The van der Waals surface area contributed by atoms with Crippen LogP contribution in [0.2, 0.25) is 0 Å². The first kappa shape index (κ1) is 16.1. The summed E-state index contributed by atoms with van der Waals surface area (Å²) in [5.41, 5.74) is 0.513. The standard InChI is InChI=1S/C17H17NO3S/c1-12(17(20)21)16(22-14-10-6-3-7-11-14)18-15(19)13-8-4-2-5-9-13/h2-12,16H,1H3,(H,18,19)(H,20,21). The lowest BCUT2D eigenvalue weighted by atomic mass is 10.1. The molecular weight excluding hydrogens is 298 g/mol. The predicted molar refractivity (Wildman–Crippen MR) is 86.8 cm³/mol. The van der Waals surface area contributed by atoms with Crippen LogP contribution < -0.4 is 5.32 Å². The number of carboxylic acid groups (broad SMARTS) is 1. The zero-order valence-electron chi connectivity index (χ0n) is 12.1. The Bertz CT molecular complexity index is 631. The Morgan fingerprint density at radius 3 is 2.09 bits per heavy atom. The molecule has 2 aromatic carbocycles. The van der Waals surface area contributed by atoms with Crippen molar-refractivity contribution in [2.24, 2.45) is 5.92 Å². The van der Waals surface area contributed by atoms with E-state index in [-0.39, 0.29) is 5.91 Å². The molecule has 0 aliphatic carbocycles. The molecule has 4 nitrogen and oxygen atoms in total. The van der Waals surface area contributed by atoms with E-state index >= 15 is 0 Å². The van der Waals surface area contributed by atoms with Crippen LogP contribution in [0.4, 0.5) is 0 Å². The van der Waals surface area contributed by atoms with E-state index in [1.54, 1.807) is 31.2 Å². The minimum Gasteiger partial charge on any atom is -0.481 e. The fourth-order valence-corrected chi connectivity index (χ4v) is 2.93. The Labute approximate surface area is 133 Å². The number of thioether (sulfide) groups is 1. The zero-order chi connectivity index (χ0) is 15.9. The maximum Gasteiger partial charge on any atom is 0.309 e. The highest BCUT2D eigenvalue weighted by molar-refractivity contribution is 8.00. The summed E-state index contributed by atoms with van der Waals surface area (Å²) in [5, 5.41) is 11.5. The molecule has 2 unspecified atom stereocenters. The van der Waals surface area contributed by atoms with Crippen molar-refractivity contribution in [2.45, 2.75) is 17.2 Å². The van der Waals surface area contributed by atoms with Gasteiger partial charge in [0.15, 0.2) is 0 Å². The topological polar surface area (TPSA) is 66.4 Å². The first-order chi connectivity index (χ1) is 10.6. The summed E-state index contributed by atoms with van der Waals surface area (Å²) in [6, 6.07) is 18.2. The average Bonchev–Trinajstić information content (AvgIpc) is 2.55. The summed E-state index contributed by atoms with van der Waals surface area (Å²) < 4.78 is 0. The van der Waals surface area contributed by atoms with Crippen LogP contribution in [0.25, 0.3) is 0 Å². The molecule has 2 atom stereocenters. The number of amides is 1. The Morgan fingerprint density at radius 1 is 1.00 bits per heavy atom. The van der Waals surface area contributed by atoms with E-state index in [9.17, 15) is 14.7 Å². The first-order valence-corrected chi connectivity index (χ1v) is 7.76. The summed E-state index contributed by atoms with van der Waals surface area (Å²) >= 11 is 1.34. The van der Waals surface area contributed by atoms with Crippen molar-refractivity contribution in [3.8, 4) is 0 Å². The Morgan fingerprint density at radius 2 is 1.55 bits per heavy atom.